The third kappa shape index (κ3) is 3.75. The number of halogens is 1. The molecule has 0 atom stereocenters. The van der Waals surface area contributed by atoms with Gasteiger partial charge in [-0.2, -0.15) is 0 Å². The molecule has 6 nitrogen and oxygen atoms in total. The Labute approximate surface area is 159 Å². The van der Waals surface area contributed by atoms with E-state index in [2.05, 4.69) is 4.98 Å². The highest BCUT2D eigenvalue weighted by molar-refractivity contribution is 7.12. The van der Waals surface area contributed by atoms with Crippen molar-refractivity contribution in [2.75, 3.05) is 13.7 Å². The molecule has 0 fully saturated rings. The van der Waals surface area contributed by atoms with Crippen molar-refractivity contribution >= 4 is 23.1 Å². The van der Waals surface area contributed by atoms with Crippen LogP contribution in [-0.4, -0.2) is 35.0 Å². The number of benzene rings is 1. The van der Waals surface area contributed by atoms with Crippen LogP contribution in [0.5, 0.6) is 5.75 Å². The van der Waals surface area contributed by atoms with Crippen molar-refractivity contribution in [2.24, 2.45) is 0 Å². The summed E-state index contributed by atoms with van der Waals surface area (Å²) in [6, 6.07) is 5.51. The molecule has 3 rings (SSSR count). The highest BCUT2D eigenvalue weighted by Crippen LogP contribution is 2.23. The fourth-order valence-electron chi connectivity index (χ4n) is 2.74. The zero-order valence-electron chi connectivity index (χ0n) is 15.0. The number of aryl methyl sites for hydroxylation is 1. The number of thiazole rings is 1. The van der Waals surface area contributed by atoms with Crippen LogP contribution < -0.4 is 4.74 Å². The molecule has 0 aliphatic carbocycles. The Balaban J connectivity index is 1.73. The van der Waals surface area contributed by atoms with E-state index in [4.69, 9.17) is 9.47 Å². The molecular formula is C19H17FN2O4S. The number of ether oxygens (including phenoxy) is 2. The Bertz CT molecular complexity index is 996. The van der Waals surface area contributed by atoms with Gasteiger partial charge in [-0.15, -0.1) is 11.3 Å². The molecule has 0 saturated heterocycles. The van der Waals surface area contributed by atoms with Crippen LogP contribution >= 0.6 is 11.3 Å². The van der Waals surface area contributed by atoms with Crippen LogP contribution in [0.4, 0.5) is 4.39 Å². The van der Waals surface area contributed by atoms with Crippen molar-refractivity contribution in [1.29, 1.82) is 0 Å². The third-order valence-electron chi connectivity index (χ3n) is 4.07. The molecule has 0 radical (unpaired) electrons. The Morgan fingerprint density at radius 1 is 1.22 bits per heavy atom. The summed E-state index contributed by atoms with van der Waals surface area (Å²) in [7, 11) is 1.40. The first-order valence-corrected chi connectivity index (χ1v) is 8.93. The Morgan fingerprint density at radius 3 is 2.63 bits per heavy atom. The molecule has 0 unspecified atom stereocenters. The first kappa shape index (κ1) is 18.8. The predicted octanol–water partition coefficient (Wildman–Crippen LogP) is 3.74. The van der Waals surface area contributed by atoms with Gasteiger partial charge in [0.2, 0.25) is 5.78 Å². The maximum Gasteiger partial charge on any atom is 0.341 e. The minimum absolute atomic E-state index is 0.253. The van der Waals surface area contributed by atoms with Crippen molar-refractivity contribution in [1.82, 2.24) is 9.55 Å². The summed E-state index contributed by atoms with van der Waals surface area (Å²) in [4.78, 5) is 28.8. The van der Waals surface area contributed by atoms with Crippen molar-refractivity contribution in [2.45, 2.75) is 13.8 Å². The van der Waals surface area contributed by atoms with Gasteiger partial charge in [-0.3, -0.25) is 9.36 Å². The monoisotopic (exact) mass is 388 g/mol. The van der Waals surface area contributed by atoms with E-state index in [0.29, 0.717) is 11.3 Å². The lowest BCUT2D eigenvalue weighted by atomic mass is 10.1. The Hall–Kier alpha value is -3.00. The Morgan fingerprint density at radius 2 is 2.00 bits per heavy atom. The van der Waals surface area contributed by atoms with Crippen molar-refractivity contribution in [3.63, 3.8) is 0 Å². The molecule has 0 spiro atoms. The molecule has 0 bridgehead atoms. The zero-order valence-corrected chi connectivity index (χ0v) is 15.8. The van der Waals surface area contributed by atoms with Gasteiger partial charge in [0.25, 0.3) is 0 Å². The summed E-state index contributed by atoms with van der Waals surface area (Å²) >= 11 is 1.45. The lowest BCUT2D eigenvalue weighted by molar-refractivity contribution is 0.0470. The highest BCUT2D eigenvalue weighted by atomic mass is 32.1. The third-order valence-corrected chi connectivity index (χ3v) is 4.83. The van der Waals surface area contributed by atoms with Crippen LogP contribution in [0, 0.1) is 19.7 Å². The second kappa shape index (κ2) is 7.71. The number of Topliss-reactive ketones (excluding diaryl/α,β-unsaturated/α-hetero) is 1. The SMILES string of the molecule is COc1ccc(C(=O)OCC(=O)c2cc(C)n(-c3nccs3)c2C)c(F)c1. The van der Waals surface area contributed by atoms with Crippen molar-refractivity contribution in [3.8, 4) is 10.9 Å². The van der Waals surface area contributed by atoms with Gasteiger partial charge in [0.1, 0.15) is 11.6 Å². The normalized spacial score (nSPS) is 10.7. The molecule has 0 saturated carbocycles. The fourth-order valence-corrected chi connectivity index (χ4v) is 3.49. The van der Waals surface area contributed by atoms with Crippen LogP contribution in [-0.2, 0) is 4.74 Å². The molecule has 1 aromatic carbocycles. The fraction of sp³-hybridized carbons (Fsp3) is 0.211. The summed E-state index contributed by atoms with van der Waals surface area (Å²) in [5, 5.41) is 2.60. The second-order valence-corrected chi connectivity index (χ2v) is 6.65. The number of hydrogen-bond donors (Lipinski definition) is 0. The summed E-state index contributed by atoms with van der Waals surface area (Å²) in [5.74, 6) is -1.76. The van der Waals surface area contributed by atoms with Gasteiger partial charge in [0.15, 0.2) is 11.7 Å². The van der Waals surface area contributed by atoms with E-state index in [9.17, 15) is 14.0 Å². The van der Waals surface area contributed by atoms with Gasteiger partial charge in [0, 0.05) is 34.6 Å². The van der Waals surface area contributed by atoms with E-state index in [1.165, 1.54) is 30.6 Å². The second-order valence-electron chi connectivity index (χ2n) is 5.78. The van der Waals surface area contributed by atoms with E-state index in [-0.39, 0.29) is 17.1 Å². The van der Waals surface area contributed by atoms with Crippen LogP contribution in [0.1, 0.15) is 32.1 Å². The number of carbonyl (C=O) groups is 2. The molecule has 2 aromatic heterocycles. The van der Waals surface area contributed by atoms with Gasteiger partial charge < -0.3 is 9.47 Å². The summed E-state index contributed by atoms with van der Waals surface area (Å²) < 4.78 is 25.7. The maximum absolute atomic E-state index is 13.9. The zero-order chi connectivity index (χ0) is 19.6. The topological polar surface area (TPSA) is 70.4 Å². The average molecular weight is 388 g/mol. The van der Waals surface area contributed by atoms with E-state index in [1.54, 1.807) is 19.2 Å². The molecule has 2 heterocycles. The average Bonchev–Trinajstić information content (AvgIpc) is 3.26. The van der Waals surface area contributed by atoms with Crippen molar-refractivity contribution < 1.29 is 23.5 Å². The smallest absolute Gasteiger partial charge is 0.341 e. The molecule has 0 aliphatic heterocycles. The molecule has 27 heavy (non-hydrogen) atoms. The molecule has 140 valence electrons. The van der Waals surface area contributed by atoms with Crippen LogP contribution in [0.2, 0.25) is 0 Å². The molecule has 0 amide bonds. The summed E-state index contributed by atoms with van der Waals surface area (Å²) in [6.07, 6.45) is 1.69. The first-order chi connectivity index (χ1) is 12.9. The number of methoxy groups -OCH3 is 1. The minimum atomic E-state index is -0.905. The number of esters is 1. The minimum Gasteiger partial charge on any atom is -0.497 e. The maximum atomic E-state index is 13.9. The first-order valence-electron chi connectivity index (χ1n) is 8.05. The number of ketones is 1. The summed E-state index contributed by atoms with van der Waals surface area (Å²) in [5.41, 5.74) is 1.74. The number of aromatic nitrogens is 2. The number of nitrogens with zero attached hydrogens (tertiary/aromatic N) is 2. The number of carbonyl (C=O) groups excluding carboxylic acids is 2. The Kier molecular flexibility index (Phi) is 5.36. The summed E-state index contributed by atoms with van der Waals surface area (Å²) in [6.45, 7) is 3.18. The number of rotatable bonds is 6. The molecule has 8 heteroatoms. The van der Waals surface area contributed by atoms with Gasteiger partial charge in [-0.05, 0) is 32.0 Å². The van der Waals surface area contributed by atoms with Gasteiger partial charge in [0.05, 0.1) is 12.7 Å². The van der Waals surface area contributed by atoms with E-state index in [1.807, 2.05) is 16.9 Å². The largest absolute Gasteiger partial charge is 0.497 e. The van der Waals surface area contributed by atoms with Crippen LogP contribution in [0.25, 0.3) is 5.13 Å². The van der Waals surface area contributed by atoms with Gasteiger partial charge >= 0.3 is 5.97 Å². The predicted molar refractivity (Wildman–Crippen MR) is 98.5 cm³/mol. The van der Waals surface area contributed by atoms with E-state index >= 15 is 0 Å². The molecule has 3 aromatic rings. The van der Waals surface area contributed by atoms with Gasteiger partial charge in [-0.25, -0.2) is 14.2 Å². The standard InChI is InChI=1S/C19H17FN2O4S/c1-11-8-15(12(2)22(11)19-21-6-7-27-19)17(23)10-26-18(24)14-5-4-13(25-3)9-16(14)20/h4-9H,10H2,1-3H3. The lowest BCUT2D eigenvalue weighted by Crippen LogP contribution is -2.16. The quantitative estimate of drug-likeness (QED) is 0.475. The number of hydrogen-bond acceptors (Lipinski definition) is 6. The molecule has 0 aliphatic rings. The van der Waals surface area contributed by atoms with E-state index < -0.39 is 18.4 Å². The van der Waals surface area contributed by atoms with Crippen LogP contribution in [0.3, 0.4) is 0 Å². The van der Waals surface area contributed by atoms with Crippen LogP contribution in [0.15, 0.2) is 35.8 Å². The van der Waals surface area contributed by atoms with Gasteiger partial charge in [-0.1, -0.05) is 0 Å². The molecular weight excluding hydrogens is 371 g/mol. The molecule has 0 N–H and O–H groups in total. The van der Waals surface area contributed by atoms with E-state index in [0.717, 1.165) is 16.9 Å². The van der Waals surface area contributed by atoms with Crippen molar-refractivity contribution in [3.05, 3.63) is 64.2 Å². The highest BCUT2D eigenvalue weighted by Gasteiger charge is 2.20. The lowest BCUT2D eigenvalue weighted by Gasteiger charge is -2.07.